The molecule has 4 nitrogen and oxygen atoms in total. The van der Waals surface area contributed by atoms with Gasteiger partial charge in [0.15, 0.2) is 0 Å². The summed E-state index contributed by atoms with van der Waals surface area (Å²) in [6.45, 7) is 12.2. The molecule has 0 saturated heterocycles. The van der Waals surface area contributed by atoms with Gasteiger partial charge in [0.25, 0.3) is 0 Å². The van der Waals surface area contributed by atoms with Crippen LogP contribution in [0.2, 0.25) is 5.02 Å². The molecule has 5 heteroatoms. The predicted molar refractivity (Wildman–Crippen MR) is 180 cm³/mol. The molecule has 0 aliphatic heterocycles. The van der Waals surface area contributed by atoms with Crippen molar-refractivity contribution in [1.82, 2.24) is 9.55 Å². The van der Waals surface area contributed by atoms with Crippen molar-refractivity contribution in [3.05, 3.63) is 131 Å². The number of hydrogen-bond donors (Lipinski definition) is 0. The molecule has 0 aliphatic rings. The van der Waals surface area contributed by atoms with E-state index in [1.54, 1.807) is 7.11 Å². The fourth-order valence-corrected chi connectivity index (χ4v) is 4.72. The third-order valence-electron chi connectivity index (χ3n) is 6.58. The maximum Gasteiger partial charge on any atom is 0.136 e. The van der Waals surface area contributed by atoms with Gasteiger partial charge in [0, 0.05) is 30.4 Å². The first-order valence-corrected chi connectivity index (χ1v) is 14.9. The van der Waals surface area contributed by atoms with Crippen molar-refractivity contribution in [2.45, 2.75) is 47.6 Å². The highest BCUT2D eigenvalue weighted by atomic mass is 35.5. The predicted octanol–water partition coefficient (Wildman–Crippen LogP) is 10.1. The summed E-state index contributed by atoms with van der Waals surface area (Å²) in [5.74, 6) is 1.79. The number of rotatable bonds is 14. The number of allylic oxidation sites excluding steroid dienone is 10. The first kappa shape index (κ1) is 32.7. The Morgan fingerprint density at radius 1 is 1.00 bits per heavy atom. The average molecular weight is 583 g/mol. The summed E-state index contributed by atoms with van der Waals surface area (Å²) in [6.07, 6.45) is 22.2. The molecule has 1 heterocycles. The van der Waals surface area contributed by atoms with Crippen LogP contribution in [0.4, 0.5) is 0 Å². The Bertz CT molecular complexity index is 1480. The van der Waals surface area contributed by atoms with Crippen molar-refractivity contribution >= 4 is 22.7 Å². The number of halogens is 1. The van der Waals surface area contributed by atoms with E-state index in [0.717, 1.165) is 62.1 Å². The molecular formula is C37H43ClN2O2. The molecule has 0 N–H and O–H groups in total. The summed E-state index contributed by atoms with van der Waals surface area (Å²) in [5.41, 5.74) is 7.52. The Morgan fingerprint density at radius 3 is 2.45 bits per heavy atom. The minimum Gasteiger partial charge on any atom is -0.494 e. The highest BCUT2D eigenvalue weighted by Gasteiger charge is 2.12. The molecule has 1 aromatic heterocycles. The van der Waals surface area contributed by atoms with Gasteiger partial charge in [-0.25, -0.2) is 4.98 Å². The SMILES string of the molecule is C\C=C/C(=C\C=C(/C)c1nc(-c2ccc(Cl)cc2C)cn1C/C=C/C=C(\C=C/CC)COC)c1ccc(OCC)cc1. The highest BCUT2D eigenvalue weighted by Crippen LogP contribution is 2.28. The normalized spacial score (nSPS) is 13.3. The van der Waals surface area contributed by atoms with Crippen LogP contribution in [-0.2, 0) is 11.3 Å². The highest BCUT2D eigenvalue weighted by molar-refractivity contribution is 6.30. The zero-order valence-electron chi connectivity index (χ0n) is 25.7. The van der Waals surface area contributed by atoms with E-state index in [2.05, 4.69) is 98.4 Å². The number of hydrogen-bond acceptors (Lipinski definition) is 3. The van der Waals surface area contributed by atoms with Crippen LogP contribution in [0.15, 0.2) is 109 Å². The minimum atomic E-state index is 0.578. The first-order chi connectivity index (χ1) is 20.4. The summed E-state index contributed by atoms with van der Waals surface area (Å²) in [5, 5.41) is 0.724. The summed E-state index contributed by atoms with van der Waals surface area (Å²) >= 11 is 6.24. The van der Waals surface area contributed by atoms with Gasteiger partial charge < -0.3 is 14.0 Å². The largest absolute Gasteiger partial charge is 0.494 e. The lowest BCUT2D eigenvalue weighted by Gasteiger charge is -2.07. The van der Waals surface area contributed by atoms with E-state index in [0.29, 0.717) is 19.8 Å². The van der Waals surface area contributed by atoms with E-state index in [-0.39, 0.29) is 0 Å². The number of aryl methyl sites for hydroxylation is 1. The molecule has 3 aromatic rings. The van der Waals surface area contributed by atoms with Gasteiger partial charge in [-0.2, -0.15) is 0 Å². The van der Waals surface area contributed by atoms with Crippen molar-refractivity contribution in [1.29, 1.82) is 0 Å². The molecule has 0 amide bonds. The molecule has 0 aliphatic carbocycles. The average Bonchev–Trinajstić information content (AvgIpc) is 3.40. The number of imidazole rings is 1. The van der Waals surface area contributed by atoms with Crippen molar-refractivity contribution in [3.8, 4) is 17.0 Å². The number of aromatic nitrogens is 2. The fourth-order valence-electron chi connectivity index (χ4n) is 4.49. The van der Waals surface area contributed by atoms with Gasteiger partial charge in [-0.05, 0) is 86.2 Å². The summed E-state index contributed by atoms with van der Waals surface area (Å²) in [6, 6.07) is 14.1. The zero-order chi connectivity index (χ0) is 30.3. The van der Waals surface area contributed by atoms with Crippen molar-refractivity contribution in [2.24, 2.45) is 0 Å². The monoisotopic (exact) mass is 582 g/mol. The van der Waals surface area contributed by atoms with Crippen LogP contribution in [0.3, 0.4) is 0 Å². The number of ether oxygens (including phenoxy) is 2. The van der Waals surface area contributed by atoms with E-state index in [1.807, 2.05) is 44.2 Å². The number of nitrogens with zero attached hydrogens (tertiary/aromatic N) is 2. The lowest BCUT2D eigenvalue weighted by Crippen LogP contribution is -1.99. The van der Waals surface area contributed by atoms with Gasteiger partial charge in [0.05, 0.1) is 18.9 Å². The second kappa shape index (κ2) is 17.2. The second-order valence-electron chi connectivity index (χ2n) is 9.90. The molecule has 0 radical (unpaired) electrons. The topological polar surface area (TPSA) is 36.3 Å². The molecule has 2 aromatic carbocycles. The molecule has 0 fully saturated rings. The molecule has 0 bridgehead atoms. The van der Waals surface area contributed by atoms with Crippen molar-refractivity contribution < 1.29 is 9.47 Å². The molecule has 0 unspecified atom stereocenters. The fraction of sp³-hybridized carbons (Fsp3) is 0.270. The van der Waals surface area contributed by atoms with Gasteiger partial charge in [0.2, 0.25) is 0 Å². The lowest BCUT2D eigenvalue weighted by molar-refractivity contribution is 0.228. The Hall–Kier alpha value is -3.86. The maximum atomic E-state index is 6.24. The first-order valence-electron chi connectivity index (χ1n) is 14.5. The van der Waals surface area contributed by atoms with Crippen molar-refractivity contribution in [2.75, 3.05) is 20.3 Å². The van der Waals surface area contributed by atoms with Crippen LogP contribution >= 0.6 is 11.6 Å². The van der Waals surface area contributed by atoms with E-state index >= 15 is 0 Å². The van der Waals surface area contributed by atoms with Crippen LogP contribution in [0.1, 0.15) is 51.1 Å². The van der Waals surface area contributed by atoms with Crippen LogP contribution in [0.25, 0.3) is 22.4 Å². The van der Waals surface area contributed by atoms with Gasteiger partial charge in [-0.1, -0.05) is 91.4 Å². The van der Waals surface area contributed by atoms with Gasteiger partial charge in [-0.3, -0.25) is 0 Å². The van der Waals surface area contributed by atoms with Crippen LogP contribution in [-0.4, -0.2) is 29.9 Å². The van der Waals surface area contributed by atoms with Gasteiger partial charge in [0.1, 0.15) is 11.6 Å². The van der Waals surface area contributed by atoms with E-state index in [1.165, 1.54) is 0 Å². The zero-order valence-corrected chi connectivity index (χ0v) is 26.5. The lowest BCUT2D eigenvalue weighted by atomic mass is 10.0. The molecule has 0 spiro atoms. The molecule has 0 atom stereocenters. The smallest absolute Gasteiger partial charge is 0.136 e. The molecule has 3 rings (SSSR count). The van der Waals surface area contributed by atoms with Crippen LogP contribution in [0, 0.1) is 6.92 Å². The summed E-state index contributed by atoms with van der Waals surface area (Å²) in [4.78, 5) is 5.09. The Balaban J connectivity index is 1.99. The van der Waals surface area contributed by atoms with Gasteiger partial charge >= 0.3 is 0 Å². The van der Waals surface area contributed by atoms with Crippen LogP contribution in [0.5, 0.6) is 5.75 Å². The molecule has 0 saturated carbocycles. The van der Waals surface area contributed by atoms with Gasteiger partial charge in [-0.15, -0.1) is 0 Å². The van der Waals surface area contributed by atoms with Crippen LogP contribution < -0.4 is 4.74 Å². The van der Waals surface area contributed by atoms with E-state index in [9.17, 15) is 0 Å². The summed E-state index contributed by atoms with van der Waals surface area (Å²) in [7, 11) is 1.72. The summed E-state index contributed by atoms with van der Waals surface area (Å²) < 4.78 is 13.2. The third-order valence-corrected chi connectivity index (χ3v) is 6.81. The molecule has 42 heavy (non-hydrogen) atoms. The minimum absolute atomic E-state index is 0.578. The Morgan fingerprint density at radius 2 is 1.79 bits per heavy atom. The third kappa shape index (κ3) is 9.61. The second-order valence-corrected chi connectivity index (χ2v) is 10.3. The Labute approximate surface area is 257 Å². The number of benzene rings is 2. The number of methoxy groups -OCH3 is 1. The Kier molecular flexibility index (Phi) is 13.4. The maximum absolute atomic E-state index is 6.24. The quantitative estimate of drug-likeness (QED) is 0.177. The molecular weight excluding hydrogens is 540 g/mol. The van der Waals surface area contributed by atoms with E-state index < -0.39 is 0 Å². The van der Waals surface area contributed by atoms with E-state index in [4.69, 9.17) is 26.1 Å². The van der Waals surface area contributed by atoms with Crippen molar-refractivity contribution in [3.63, 3.8) is 0 Å². The molecule has 220 valence electrons. The standard InChI is InChI=1S/C37H43ClN2O2/c1-7-10-14-30(27-41-6)15-11-12-24-40-26-36(35-23-20-33(38)25-29(35)5)39-37(40)28(4)16-17-31(13-8-2)32-18-21-34(22-19-32)42-9-3/h8,10-23,25-26H,7,9,24,27H2,1-6H3/b12-11+,13-8-,14-10-,28-16+,30-15+,31-17+.